The molecular weight excluding hydrogens is 504 g/mol. The quantitative estimate of drug-likeness (QED) is 0.465. The van der Waals surface area contributed by atoms with E-state index >= 15 is 0 Å². The average Bonchev–Trinajstić information content (AvgIpc) is 3.16. The van der Waals surface area contributed by atoms with E-state index in [1.807, 2.05) is 7.05 Å². The van der Waals surface area contributed by atoms with E-state index in [0.29, 0.717) is 25.3 Å². The summed E-state index contributed by atoms with van der Waals surface area (Å²) in [4.78, 5) is 14.7. The van der Waals surface area contributed by atoms with E-state index in [2.05, 4.69) is 20.3 Å². The molecule has 2 amide bonds. The molecule has 0 unspecified atom stereocenters. The van der Waals surface area contributed by atoms with Crippen molar-refractivity contribution in [2.75, 3.05) is 26.0 Å². The van der Waals surface area contributed by atoms with Crippen molar-refractivity contribution in [2.24, 2.45) is 0 Å². The fraction of sp³-hybridized carbons (Fsp3) is 0.480. The Kier molecular flexibility index (Phi) is 7.50. The standard InChI is InChI=1S/C25H27F6N3O3/c1-34-11-10-24(14-6-7-18(37-22(27)28)19(12-14)36-2)9-8-15(13-20(24)34)32-23(35)33-17-5-3-4-16(21(17)26)25(29,30)31/h3-7,12,15,20,22H,8-11,13H2,1-2H3,(H2,32,33,35)/t15-,20+,24+/m1/s1. The van der Waals surface area contributed by atoms with Gasteiger partial charge in [0.1, 0.15) is 0 Å². The Hall–Kier alpha value is -3.15. The van der Waals surface area contributed by atoms with Crippen molar-refractivity contribution in [3.63, 3.8) is 0 Å². The van der Waals surface area contributed by atoms with E-state index in [1.54, 1.807) is 12.1 Å². The third kappa shape index (κ3) is 5.43. The van der Waals surface area contributed by atoms with Crippen molar-refractivity contribution in [1.29, 1.82) is 0 Å². The van der Waals surface area contributed by atoms with E-state index in [1.165, 1.54) is 13.2 Å². The zero-order valence-corrected chi connectivity index (χ0v) is 20.2. The molecule has 1 saturated heterocycles. The van der Waals surface area contributed by atoms with Crippen LogP contribution in [-0.2, 0) is 11.6 Å². The Morgan fingerprint density at radius 3 is 2.59 bits per heavy atom. The van der Waals surface area contributed by atoms with Crippen LogP contribution in [0, 0.1) is 5.82 Å². The molecule has 3 atom stereocenters. The van der Waals surface area contributed by atoms with Gasteiger partial charge in [0.15, 0.2) is 17.3 Å². The van der Waals surface area contributed by atoms with Crippen LogP contribution in [0.2, 0.25) is 0 Å². The van der Waals surface area contributed by atoms with Gasteiger partial charge in [-0.2, -0.15) is 22.0 Å². The van der Waals surface area contributed by atoms with Crippen molar-refractivity contribution >= 4 is 11.7 Å². The third-order valence-electron chi connectivity index (χ3n) is 7.37. The van der Waals surface area contributed by atoms with E-state index in [4.69, 9.17) is 4.74 Å². The van der Waals surface area contributed by atoms with Crippen LogP contribution in [0.15, 0.2) is 36.4 Å². The minimum Gasteiger partial charge on any atom is -0.493 e. The first-order valence-corrected chi connectivity index (χ1v) is 11.7. The summed E-state index contributed by atoms with van der Waals surface area (Å²) in [6.07, 6.45) is -2.33. The lowest BCUT2D eigenvalue weighted by molar-refractivity contribution is -0.139. The summed E-state index contributed by atoms with van der Waals surface area (Å²) in [6, 6.07) is 6.50. The van der Waals surface area contributed by atoms with Gasteiger partial charge >= 0.3 is 18.8 Å². The van der Waals surface area contributed by atoms with E-state index in [-0.39, 0.29) is 29.0 Å². The molecular formula is C25H27F6N3O3. The van der Waals surface area contributed by atoms with Crippen molar-refractivity contribution in [1.82, 2.24) is 10.2 Å². The van der Waals surface area contributed by atoms with Crippen molar-refractivity contribution in [3.05, 3.63) is 53.3 Å². The lowest BCUT2D eigenvalue weighted by atomic mass is 9.65. The second kappa shape index (κ2) is 10.3. The number of nitrogens with zero attached hydrogens (tertiary/aromatic N) is 1. The van der Waals surface area contributed by atoms with E-state index in [9.17, 15) is 31.1 Å². The molecule has 1 saturated carbocycles. The number of carbonyl (C=O) groups is 1. The largest absolute Gasteiger partial charge is 0.493 e. The van der Waals surface area contributed by atoms with Gasteiger partial charge in [-0.05, 0) is 69.1 Å². The molecule has 1 aliphatic heterocycles. The first-order valence-electron chi connectivity index (χ1n) is 11.7. The molecule has 2 aromatic carbocycles. The van der Waals surface area contributed by atoms with Crippen LogP contribution >= 0.6 is 0 Å². The predicted octanol–water partition coefficient (Wildman–Crippen LogP) is 5.77. The number of likely N-dealkylation sites (tertiary alicyclic amines) is 1. The number of nitrogens with one attached hydrogen (secondary N) is 2. The average molecular weight is 531 g/mol. The topological polar surface area (TPSA) is 62.8 Å². The van der Waals surface area contributed by atoms with Crippen LogP contribution in [0.25, 0.3) is 0 Å². The summed E-state index contributed by atoms with van der Waals surface area (Å²) in [6.45, 7) is -2.21. The molecule has 2 aromatic rings. The van der Waals surface area contributed by atoms with Gasteiger partial charge < -0.3 is 25.0 Å². The van der Waals surface area contributed by atoms with Crippen LogP contribution in [-0.4, -0.2) is 50.3 Å². The summed E-state index contributed by atoms with van der Waals surface area (Å²) in [5.41, 5.74) is -1.42. The Morgan fingerprint density at radius 1 is 1.16 bits per heavy atom. The number of fused-ring (bicyclic) bond motifs is 1. The summed E-state index contributed by atoms with van der Waals surface area (Å²) < 4.78 is 88.5. The monoisotopic (exact) mass is 531 g/mol. The highest BCUT2D eigenvalue weighted by Gasteiger charge is 2.50. The number of carbonyl (C=O) groups excluding carboxylic acids is 1. The Labute approximate surface area is 209 Å². The number of likely N-dealkylation sites (N-methyl/N-ethyl adjacent to an activating group) is 1. The van der Waals surface area contributed by atoms with Crippen LogP contribution in [0.3, 0.4) is 0 Å². The van der Waals surface area contributed by atoms with Crippen LogP contribution in [0.5, 0.6) is 11.5 Å². The van der Waals surface area contributed by atoms with Crippen molar-refractivity contribution in [2.45, 2.75) is 56.0 Å². The lowest BCUT2D eigenvalue weighted by Crippen LogP contribution is -2.52. The summed E-state index contributed by atoms with van der Waals surface area (Å²) in [5, 5.41) is 4.94. The Bertz CT molecular complexity index is 1150. The molecule has 6 nitrogen and oxygen atoms in total. The molecule has 1 heterocycles. The van der Waals surface area contributed by atoms with Crippen LogP contribution in [0.1, 0.15) is 36.8 Å². The molecule has 2 N–H and O–H groups in total. The molecule has 0 spiro atoms. The normalized spacial score (nSPS) is 24.0. The Morgan fingerprint density at radius 2 is 1.92 bits per heavy atom. The lowest BCUT2D eigenvalue weighted by Gasteiger charge is -2.45. The number of hydrogen-bond donors (Lipinski definition) is 2. The van der Waals surface area contributed by atoms with Crippen molar-refractivity contribution < 1.29 is 40.6 Å². The highest BCUT2D eigenvalue weighted by atomic mass is 19.4. The maximum Gasteiger partial charge on any atom is 0.419 e. The number of ether oxygens (including phenoxy) is 2. The zero-order chi connectivity index (χ0) is 27.0. The molecule has 202 valence electrons. The first kappa shape index (κ1) is 26.9. The molecule has 37 heavy (non-hydrogen) atoms. The number of anilines is 1. The van der Waals surface area contributed by atoms with Gasteiger partial charge in [0.05, 0.1) is 18.4 Å². The summed E-state index contributed by atoms with van der Waals surface area (Å²) in [7, 11) is 3.33. The number of urea groups is 1. The molecule has 2 aliphatic rings. The third-order valence-corrected chi connectivity index (χ3v) is 7.37. The predicted molar refractivity (Wildman–Crippen MR) is 124 cm³/mol. The smallest absolute Gasteiger partial charge is 0.419 e. The number of rotatable bonds is 6. The maximum atomic E-state index is 14.3. The van der Waals surface area contributed by atoms with Crippen LogP contribution in [0.4, 0.5) is 36.8 Å². The number of amides is 2. The number of halogens is 6. The zero-order valence-electron chi connectivity index (χ0n) is 20.2. The number of hydrogen-bond acceptors (Lipinski definition) is 4. The molecule has 0 bridgehead atoms. The van der Waals surface area contributed by atoms with Crippen LogP contribution < -0.4 is 20.1 Å². The number of alkyl halides is 5. The van der Waals surface area contributed by atoms with Gasteiger partial charge in [-0.3, -0.25) is 0 Å². The second-order valence-electron chi connectivity index (χ2n) is 9.38. The molecule has 0 aromatic heterocycles. The summed E-state index contributed by atoms with van der Waals surface area (Å²) in [5.74, 6) is -1.41. The SMILES string of the molecule is COc1cc([C@@]23CC[C@@H](NC(=O)Nc4cccc(C(F)(F)F)c4F)C[C@@H]2N(C)CC3)ccc1OC(F)F. The van der Waals surface area contributed by atoms with Gasteiger partial charge in [0, 0.05) is 17.5 Å². The fourth-order valence-electron chi connectivity index (χ4n) is 5.61. The fourth-order valence-corrected chi connectivity index (χ4v) is 5.61. The van der Waals surface area contributed by atoms with Gasteiger partial charge in [0.25, 0.3) is 0 Å². The number of benzene rings is 2. The first-order chi connectivity index (χ1) is 17.4. The summed E-state index contributed by atoms with van der Waals surface area (Å²) >= 11 is 0. The molecule has 12 heteroatoms. The van der Waals surface area contributed by atoms with Gasteiger partial charge in [-0.25, -0.2) is 9.18 Å². The highest BCUT2D eigenvalue weighted by Crippen LogP contribution is 2.50. The van der Waals surface area contributed by atoms with Crippen molar-refractivity contribution in [3.8, 4) is 11.5 Å². The molecule has 0 radical (unpaired) electrons. The van der Waals surface area contributed by atoms with Gasteiger partial charge in [-0.1, -0.05) is 12.1 Å². The molecule has 4 rings (SSSR count). The van der Waals surface area contributed by atoms with Gasteiger partial charge in [-0.15, -0.1) is 0 Å². The van der Waals surface area contributed by atoms with E-state index < -0.39 is 35.9 Å². The number of methoxy groups -OCH3 is 1. The van der Waals surface area contributed by atoms with Gasteiger partial charge in [0.2, 0.25) is 0 Å². The Balaban J connectivity index is 1.48. The minimum atomic E-state index is -4.88. The maximum absolute atomic E-state index is 14.3. The molecule has 1 aliphatic carbocycles. The minimum absolute atomic E-state index is 0.0107. The molecule has 2 fully saturated rings. The second-order valence-corrected chi connectivity index (χ2v) is 9.38. The van der Waals surface area contributed by atoms with E-state index in [0.717, 1.165) is 30.7 Å². The highest BCUT2D eigenvalue weighted by molar-refractivity contribution is 5.89.